The van der Waals surface area contributed by atoms with Crippen molar-refractivity contribution in [3.63, 3.8) is 0 Å². The van der Waals surface area contributed by atoms with Gasteiger partial charge in [0.15, 0.2) is 5.82 Å². The van der Waals surface area contributed by atoms with Gasteiger partial charge in [0.05, 0.1) is 18.8 Å². The molecule has 0 fully saturated rings. The van der Waals surface area contributed by atoms with Crippen molar-refractivity contribution in [2.45, 2.75) is 18.0 Å². The number of hydrogen-bond acceptors (Lipinski definition) is 5. The largest absolute Gasteiger partial charge is 0.351 e. The minimum absolute atomic E-state index is 0.0617. The van der Waals surface area contributed by atoms with Gasteiger partial charge in [0.2, 0.25) is 0 Å². The first-order valence-corrected chi connectivity index (χ1v) is 10.8. The molecule has 1 amide bonds. The normalized spacial score (nSPS) is 13.9. The molecule has 1 aromatic carbocycles. The van der Waals surface area contributed by atoms with Gasteiger partial charge in [-0.2, -0.15) is 5.10 Å². The predicted molar refractivity (Wildman–Crippen MR) is 110 cm³/mol. The molecule has 0 aliphatic carbocycles. The molecule has 0 unspecified atom stereocenters. The second-order valence-corrected chi connectivity index (χ2v) is 8.72. The van der Waals surface area contributed by atoms with E-state index in [0.717, 1.165) is 16.6 Å². The summed E-state index contributed by atoms with van der Waals surface area (Å²) < 4.78 is 29.2. The molecule has 0 radical (unpaired) electrons. The molecule has 2 N–H and O–H groups in total. The summed E-state index contributed by atoms with van der Waals surface area (Å²) in [5.41, 5.74) is 2.20. The third-order valence-electron chi connectivity index (χ3n) is 5.03. The van der Waals surface area contributed by atoms with Crippen molar-refractivity contribution < 1.29 is 13.2 Å². The summed E-state index contributed by atoms with van der Waals surface area (Å²) in [6.45, 7) is 1.31. The molecule has 9 nitrogen and oxygen atoms in total. The molecule has 0 saturated heterocycles. The fourth-order valence-corrected chi connectivity index (χ4v) is 4.50. The van der Waals surface area contributed by atoms with E-state index in [4.69, 9.17) is 0 Å². The van der Waals surface area contributed by atoms with E-state index in [1.54, 1.807) is 21.7 Å². The second kappa shape index (κ2) is 6.99. The highest BCUT2D eigenvalue weighted by Gasteiger charge is 2.25. The van der Waals surface area contributed by atoms with Crippen LogP contribution in [0.25, 0.3) is 10.9 Å². The number of H-pyrrole nitrogens is 1. The number of para-hydroxylation sites is 1. The van der Waals surface area contributed by atoms with E-state index in [9.17, 15) is 13.2 Å². The fourth-order valence-electron chi connectivity index (χ4n) is 3.55. The molecule has 1 aliphatic heterocycles. The Balaban J connectivity index is 1.35. The minimum atomic E-state index is -3.77. The first-order valence-electron chi connectivity index (χ1n) is 9.36. The fraction of sp³-hybridized carbons (Fsp3) is 0.150. The number of carbonyl (C=O) groups is 1. The third kappa shape index (κ3) is 3.30. The van der Waals surface area contributed by atoms with Crippen molar-refractivity contribution in [3.05, 3.63) is 72.3 Å². The zero-order valence-corrected chi connectivity index (χ0v) is 16.6. The number of rotatable bonds is 4. The van der Waals surface area contributed by atoms with Gasteiger partial charge in [-0.05, 0) is 24.3 Å². The lowest BCUT2D eigenvalue weighted by Crippen LogP contribution is -2.38. The Morgan fingerprint density at radius 2 is 1.97 bits per heavy atom. The number of sulfonamides is 1. The Labute approximate surface area is 172 Å². The van der Waals surface area contributed by atoms with E-state index < -0.39 is 10.0 Å². The molecule has 0 spiro atoms. The number of anilines is 1. The van der Waals surface area contributed by atoms with Crippen LogP contribution < -0.4 is 4.72 Å². The van der Waals surface area contributed by atoms with Crippen LogP contribution in [0.15, 0.2) is 65.8 Å². The molecule has 1 aliphatic rings. The van der Waals surface area contributed by atoms with E-state index in [2.05, 4.69) is 19.8 Å². The van der Waals surface area contributed by atoms with Crippen molar-refractivity contribution in [1.29, 1.82) is 0 Å². The molecular weight excluding hydrogens is 404 g/mol. The van der Waals surface area contributed by atoms with Gasteiger partial charge in [-0.15, -0.1) is 0 Å². The zero-order valence-electron chi connectivity index (χ0n) is 15.8. The summed E-state index contributed by atoms with van der Waals surface area (Å²) in [6.07, 6.45) is 2.78. The maximum atomic E-state index is 12.9. The quantitative estimate of drug-likeness (QED) is 0.524. The van der Waals surface area contributed by atoms with Gasteiger partial charge >= 0.3 is 0 Å². The van der Waals surface area contributed by atoms with Crippen LogP contribution in [0, 0.1) is 0 Å². The van der Waals surface area contributed by atoms with Crippen LogP contribution in [0.1, 0.15) is 16.2 Å². The SMILES string of the molecule is O=C(c1cc2ccccc2[nH]1)N1CCn2nc(NS(=O)(=O)c3cccnc3)cc2C1. The van der Waals surface area contributed by atoms with Crippen molar-refractivity contribution in [2.24, 2.45) is 0 Å². The minimum Gasteiger partial charge on any atom is -0.351 e. The van der Waals surface area contributed by atoms with Crippen molar-refractivity contribution in [1.82, 2.24) is 24.6 Å². The Morgan fingerprint density at radius 1 is 1.10 bits per heavy atom. The summed E-state index contributed by atoms with van der Waals surface area (Å²) in [5, 5.41) is 5.30. The van der Waals surface area contributed by atoms with E-state index in [1.165, 1.54) is 18.5 Å². The van der Waals surface area contributed by atoms with Gasteiger partial charge in [0, 0.05) is 35.9 Å². The summed E-state index contributed by atoms with van der Waals surface area (Å²) in [7, 11) is -3.77. The van der Waals surface area contributed by atoms with Crippen LogP contribution in [0.3, 0.4) is 0 Å². The van der Waals surface area contributed by atoms with E-state index >= 15 is 0 Å². The van der Waals surface area contributed by atoms with Crippen LogP contribution in [-0.2, 0) is 23.1 Å². The molecule has 30 heavy (non-hydrogen) atoms. The number of aromatic amines is 1. The number of nitrogens with zero attached hydrogens (tertiary/aromatic N) is 4. The molecule has 0 atom stereocenters. The lowest BCUT2D eigenvalue weighted by atomic mass is 10.2. The maximum Gasteiger partial charge on any atom is 0.270 e. The molecule has 5 rings (SSSR count). The Morgan fingerprint density at radius 3 is 2.77 bits per heavy atom. The van der Waals surface area contributed by atoms with Crippen molar-refractivity contribution >= 4 is 32.7 Å². The number of nitrogens with one attached hydrogen (secondary N) is 2. The zero-order chi connectivity index (χ0) is 20.7. The number of pyridine rings is 1. The number of hydrogen-bond donors (Lipinski definition) is 2. The molecule has 4 aromatic rings. The molecule has 10 heteroatoms. The number of aromatic nitrogens is 4. The van der Waals surface area contributed by atoms with Crippen LogP contribution in [0.4, 0.5) is 5.82 Å². The number of fused-ring (bicyclic) bond motifs is 2. The number of amides is 1. The number of carbonyl (C=O) groups excluding carboxylic acids is 1. The van der Waals surface area contributed by atoms with Gasteiger partial charge in [-0.25, -0.2) is 8.42 Å². The standard InChI is InChI=1S/C20H18N6O3S/c27-20(18-10-14-4-1-2-6-17(14)22-18)25-8-9-26-15(13-25)11-19(23-26)24-30(28,29)16-5-3-7-21-12-16/h1-7,10-12,22H,8-9,13H2,(H,23,24). The van der Waals surface area contributed by atoms with E-state index in [-0.39, 0.29) is 16.6 Å². The highest BCUT2D eigenvalue weighted by atomic mass is 32.2. The average molecular weight is 422 g/mol. The predicted octanol–water partition coefficient (Wildman–Crippen LogP) is 2.22. The summed E-state index contributed by atoms with van der Waals surface area (Å²) in [5.74, 6) is 0.116. The van der Waals surface area contributed by atoms with Crippen LogP contribution in [0.2, 0.25) is 0 Å². The third-order valence-corrected chi connectivity index (χ3v) is 6.37. The first kappa shape index (κ1) is 18.4. The first-order chi connectivity index (χ1) is 14.5. The van der Waals surface area contributed by atoms with E-state index in [1.807, 2.05) is 30.3 Å². The van der Waals surface area contributed by atoms with Gasteiger partial charge in [-0.1, -0.05) is 18.2 Å². The lowest BCUT2D eigenvalue weighted by molar-refractivity contribution is 0.0701. The molecule has 3 aromatic heterocycles. The Bertz CT molecular complexity index is 1310. The van der Waals surface area contributed by atoms with Crippen LogP contribution in [0.5, 0.6) is 0 Å². The lowest BCUT2D eigenvalue weighted by Gasteiger charge is -2.27. The summed E-state index contributed by atoms with van der Waals surface area (Å²) in [4.78, 5) is 21.7. The van der Waals surface area contributed by atoms with Crippen molar-refractivity contribution in [2.75, 3.05) is 11.3 Å². The van der Waals surface area contributed by atoms with Gasteiger partial charge in [-0.3, -0.25) is 19.2 Å². The Kier molecular flexibility index (Phi) is 4.28. The van der Waals surface area contributed by atoms with Gasteiger partial charge in [0.25, 0.3) is 15.9 Å². The summed E-state index contributed by atoms with van der Waals surface area (Å²) >= 11 is 0. The average Bonchev–Trinajstić information content (AvgIpc) is 3.36. The second-order valence-electron chi connectivity index (χ2n) is 7.04. The topological polar surface area (TPSA) is 113 Å². The molecule has 0 saturated carbocycles. The molecule has 152 valence electrons. The van der Waals surface area contributed by atoms with Crippen molar-refractivity contribution in [3.8, 4) is 0 Å². The molecule has 4 heterocycles. The smallest absolute Gasteiger partial charge is 0.270 e. The van der Waals surface area contributed by atoms with Crippen LogP contribution in [-0.4, -0.2) is 45.5 Å². The highest BCUT2D eigenvalue weighted by molar-refractivity contribution is 7.92. The monoisotopic (exact) mass is 422 g/mol. The molecule has 0 bridgehead atoms. The van der Waals surface area contributed by atoms with Gasteiger partial charge in [0.1, 0.15) is 10.6 Å². The molecular formula is C20H18N6O3S. The van der Waals surface area contributed by atoms with Gasteiger partial charge < -0.3 is 9.88 Å². The summed E-state index contributed by atoms with van der Waals surface area (Å²) in [6, 6.07) is 14.2. The number of benzene rings is 1. The maximum absolute atomic E-state index is 12.9. The Hall–Kier alpha value is -3.66. The van der Waals surface area contributed by atoms with E-state index in [0.29, 0.717) is 25.3 Å². The van der Waals surface area contributed by atoms with Crippen LogP contribution >= 0.6 is 0 Å². The highest BCUT2D eigenvalue weighted by Crippen LogP contribution is 2.22.